The number of carbonyl (C=O) groups excluding carboxylic acids is 1. The third-order valence-corrected chi connectivity index (χ3v) is 5.48. The summed E-state index contributed by atoms with van der Waals surface area (Å²) in [5.41, 5.74) is 0.672. The van der Waals surface area contributed by atoms with Crippen LogP contribution in [-0.4, -0.2) is 38.9 Å². The normalized spacial score (nSPS) is 16.0. The van der Waals surface area contributed by atoms with Crippen molar-refractivity contribution >= 4 is 27.5 Å². The van der Waals surface area contributed by atoms with E-state index in [0.29, 0.717) is 22.0 Å². The molecule has 1 aromatic rings. The average Bonchev–Trinajstić information content (AvgIpc) is 2.65. The van der Waals surface area contributed by atoms with Crippen molar-refractivity contribution in [2.45, 2.75) is 24.7 Å². The van der Waals surface area contributed by atoms with Crippen LogP contribution >= 0.6 is 11.6 Å². The topological polar surface area (TPSA) is 72.9 Å². The highest BCUT2D eigenvalue weighted by molar-refractivity contribution is 7.90. The van der Waals surface area contributed by atoms with Gasteiger partial charge in [-0.25, -0.2) is 12.7 Å². The highest BCUT2D eigenvalue weighted by Gasteiger charge is 2.44. The summed E-state index contributed by atoms with van der Waals surface area (Å²) in [7, 11) is -1.05. The summed E-state index contributed by atoms with van der Waals surface area (Å²) in [5.74, 6) is 0.0509. The maximum absolute atomic E-state index is 12.4. The molecule has 0 atom stereocenters. The van der Waals surface area contributed by atoms with Gasteiger partial charge in [0.15, 0.2) is 11.5 Å². The van der Waals surface area contributed by atoms with Crippen molar-refractivity contribution in [2.24, 2.45) is 0 Å². The molecule has 1 aliphatic rings. The molecule has 21 heavy (non-hydrogen) atoms. The number of rotatable bonds is 5. The highest BCUT2D eigenvalue weighted by Crippen LogP contribution is 2.43. The number of alkyl halides is 1. The fourth-order valence-corrected chi connectivity index (χ4v) is 4.33. The molecule has 116 valence electrons. The molecule has 0 saturated carbocycles. The Labute approximate surface area is 128 Å². The van der Waals surface area contributed by atoms with Gasteiger partial charge in [-0.1, -0.05) is 13.3 Å². The Morgan fingerprint density at radius 2 is 1.95 bits per heavy atom. The molecule has 1 aromatic carbocycles. The van der Waals surface area contributed by atoms with Gasteiger partial charge in [-0.2, -0.15) is 0 Å². The molecule has 6 nitrogen and oxygen atoms in total. The first-order valence-electron chi connectivity index (χ1n) is 6.34. The Bertz CT molecular complexity index is 686. The van der Waals surface area contributed by atoms with E-state index in [1.807, 2.05) is 6.92 Å². The Balaban J connectivity index is 2.85. The van der Waals surface area contributed by atoms with Crippen LogP contribution in [-0.2, 0) is 16.4 Å². The monoisotopic (exact) mass is 333 g/mol. The van der Waals surface area contributed by atoms with Crippen molar-refractivity contribution in [2.75, 3.05) is 20.2 Å². The Hall–Kier alpha value is -1.47. The molecule has 8 heteroatoms. The molecule has 0 N–H and O–H groups in total. The zero-order valence-electron chi connectivity index (χ0n) is 12.0. The highest BCUT2D eigenvalue weighted by atomic mass is 35.5. The van der Waals surface area contributed by atoms with Crippen molar-refractivity contribution in [1.29, 1.82) is 0 Å². The second-order valence-corrected chi connectivity index (χ2v) is 6.56. The first-order chi connectivity index (χ1) is 9.93. The SMILES string of the molecule is CCCc1c(OC)c(OC)cc2c1C(=O)N(CCl)S2(=O)=O. The number of ether oxygens (including phenoxy) is 2. The second-order valence-electron chi connectivity index (χ2n) is 4.49. The molecule has 0 unspecified atom stereocenters. The van der Waals surface area contributed by atoms with Crippen LogP contribution in [0.3, 0.4) is 0 Å². The van der Waals surface area contributed by atoms with Crippen LogP contribution in [0.1, 0.15) is 29.3 Å². The molecular weight excluding hydrogens is 318 g/mol. The van der Waals surface area contributed by atoms with Crippen LogP contribution in [0, 0.1) is 0 Å². The Morgan fingerprint density at radius 3 is 2.43 bits per heavy atom. The Morgan fingerprint density at radius 1 is 1.29 bits per heavy atom. The largest absolute Gasteiger partial charge is 0.493 e. The zero-order valence-corrected chi connectivity index (χ0v) is 13.5. The van der Waals surface area contributed by atoms with Crippen LogP contribution in [0.15, 0.2) is 11.0 Å². The van der Waals surface area contributed by atoms with E-state index < -0.39 is 21.9 Å². The van der Waals surface area contributed by atoms with Crippen molar-refractivity contribution < 1.29 is 22.7 Å². The van der Waals surface area contributed by atoms with Crippen LogP contribution in [0.2, 0.25) is 0 Å². The van der Waals surface area contributed by atoms with E-state index in [1.54, 1.807) is 0 Å². The number of halogens is 1. The lowest BCUT2D eigenvalue weighted by Gasteiger charge is -2.14. The number of carbonyl (C=O) groups is 1. The molecule has 1 heterocycles. The van der Waals surface area contributed by atoms with Crippen molar-refractivity contribution in [3.8, 4) is 11.5 Å². The number of nitrogens with zero attached hydrogens (tertiary/aromatic N) is 1. The smallest absolute Gasteiger partial charge is 0.270 e. The number of hydrogen-bond donors (Lipinski definition) is 0. The number of methoxy groups -OCH3 is 2. The molecule has 0 radical (unpaired) electrons. The molecule has 2 rings (SSSR count). The van der Waals surface area contributed by atoms with Crippen LogP contribution in [0.4, 0.5) is 0 Å². The summed E-state index contributed by atoms with van der Waals surface area (Å²) in [6.45, 7) is 1.93. The summed E-state index contributed by atoms with van der Waals surface area (Å²) in [6, 6.07) is 0.888. The fourth-order valence-electron chi connectivity index (χ4n) is 2.44. The molecule has 0 fully saturated rings. The lowest BCUT2D eigenvalue weighted by atomic mass is 10.0. The molecule has 1 aliphatic heterocycles. The molecule has 0 aromatic heterocycles. The van der Waals surface area contributed by atoms with Gasteiger partial charge >= 0.3 is 0 Å². The van der Waals surface area contributed by atoms with Crippen molar-refractivity contribution in [3.05, 3.63) is 17.2 Å². The first-order valence-corrected chi connectivity index (χ1v) is 8.32. The Kier molecular flexibility index (Phi) is 4.34. The summed E-state index contributed by atoms with van der Waals surface area (Å²) in [4.78, 5) is 12.3. The van der Waals surface area contributed by atoms with Crippen LogP contribution in [0.5, 0.6) is 11.5 Å². The summed E-state index contributed by atoms with van der Waals surface area (Å²) in [5, 5.41) is 0. The first kappa shape index (κ1) is 15.9. The minimum atomic E-state index is -3.93. The molecule has 0 aliphatic carbocycles. The zero-order chi connectivity index (χ0) is 15.8. The second kappa shape index (κ2) is 5.73. The lowest BCUT2D eigenvalue weighted by Crippen LogP contribution is -2.28. The predicted octanol–water partition coefficient (Wildman–Crippen LogP) is 2.00. The number of fused-ring (bicyclic) bond motifs is 1. The number of hydrogen-bond acceptors (Lipinski definition) is 5. The third kappa shape index (κ3) is 2.24. The van der Waals surface area contributed by atoms with Gasteiger partial charge in [-0.05, 0) is 6.42 Å². The van der Waals surface area contributed by atoms with Gasteiger partial charge in [0, 0.05) is 11.6 Å². The minimum Gasteiger partial charge on any atom is -0.493 e. The minimum absolute atomic E-state index is 0.0748. The van der Waals surface area contributed by atoms with Gasteiger partial charge in [0.1, 0.15) is 10.9 Å². The number of sulfonamides is 1. The van der Waals surface area contributed by atoms with Gasteiger partial charge in [-0.15, -0.1) is 11.6 Å². The number of benzene rings is 1. The van der Waals surface area contributed by atoms with E-state index >= 15 is 0 Å². The van der Waals surface area contributed by atoms with Crippen molar-refractivity contribution in [1.82, 2.24) is 4.31 Å². The van der Waals surface area contributed by atoms with Gasteiger partial charge in [0.25, 0.3) is 15.9 Å². The van der Waals surface area contributed by atoms with E-state index in [9.17, 15) is 13.2 Å². The molecule has 0 bridgehead atoms. The third-order valence-electron chi connectivity index (χ3n) is 3.35. The van der Waals surface area contributed by atoms with Crippen LogP contribution < -0.4 is 9.47 Å². The van der Waals surface area contributed by atoms with E-state index in [-0.39, 0.29) is 16.2 Å². The maximum atomic E-state index is 12.4. The van der Waals surface area contributed by atoms with E-state index in [2.05, 4.69) is 0 Å². The standard InChI is InChI=1S/C13H16ClNO5S/c1-4-5-8-11-10(6-9(19-2)12(8)20-3)21(17,18)15(7-14)13(11)16/h6H,4-5,7H2,1-3H3. The predicted molar refractivity (Wildman–Crippen MR) is 77.6 cm³/mol. The van der Waals surface area contributed by atoms with Crippen LogP contribution in [0.25, 0.3) is 0 Å². The summed E-state index contributed by atoms with van der Waals surface area (Å²) in [6.07, 6.45) is 1.23. The van der Waals surface area contributed by atoms with E-state index in [4.69, 9.17) is 21.1 Å². The van der Waals surface area contributed by atoms with Gasteiger partial charge in [0.05, 0.1) is 19.8 Å². The number of amides is 1. The van der Waals surface area contributed by atoms with Crippen molar-refractivity contribution in [3.63, 3.8) is 0 Å². The van der Waals surface area contributed by atoms with Gasteiger partial charge < -0.3 is 9.47 Å². The molecule has 0 saturated heterocycles. The van der Waals surface area contributed by atoms with Gasteiger partial charge in [0.2, 0.25) is 0 Å². The average molecular weight is 334 g/mol. The molecule has 0 spiro atoms. The van der Waals surface area contributed by atoms with Gasteiger partial charge in [-0.3, -0.25) is 4.79 Å². The lowest BCUT2D eigenvalue weighted by molar-refractivity contribution is 0.0884. The molecule has 1 amide bonds. The quantitative estimate of drug-likeness (QED) is 0.608. The summed E-state index contributed by atoms with van der Waals surface area (Å²) >= 11 is 5.62. The molecular formula is C13H16ClNO5S. The van der Waals surface area contributed by atoms with E-state index in [1.165, 1.54) is 20.3 Å². The fraction of sp³-hybridized carbons (Fsp3) is 0.462. The summed E-state index contributed by atoms with van der Waals surface area (Å²) < 4.78 is 35.9. The maximum Gasteiger partial charge on any atom is 0.270 e. The van der Waals surface area contributed by atoms with E-state index in [0.717, 1.165) is 6.42 Å².